The van der Waals surface area contributed by atoms with Gasteiger partial charge in [-0.1, -0.05) is 0 Å². The normalized spacial score (nSPS) is 9.86. The molecule has 0 aromatic heterocycles. The Morgan fingerprint density at radius 2 is 1.93 bits per heavy atom. The van der Waals surface area contributed by atoms with E-state index in [4.69, 9.17) is 9.47 Å². The minimum Gasteiger partial charge on any atom is -0.380 e. The molecule has 5 nitrogen and oxygen atoms in total. The first-order valence-corrected chi connectivity index (χ1v) is 4.58. The Morgan fingerprint density at radius 3 is 2.50 bits per heavy atom. The first-order valence-electron chi connectivity index (χ1n) is 4.58. The number of rotatable bonds is 8. The van der Waals surface area contributed by atoms with E-state index in [0.29, 0.717) is 19.8 Å². The van der Waals surface area contributed by atoms with Crippen molar-refractivity contribution in [3.05, 3.63) is 0 Å². The fourth-order valence-electron chi connectivity index (χ4n) is 0.745. The second-order valence-corrected chi connectivity index (χ2v) is 2.74. The number of ether oxygens (including phenoxy) is 2. The first-order chi connectivity index (χ1) is 6.66. The molecule has 0 saturated heterocycles. The average Bonchev–Trinajstić information content (AvgIpc) is 2.12. The van der Waals surface area contributed by atoms with Crippen LogP contribution in [0.15, 0.2) is 0 Å². The second-order valence-electron chi connectivity index (χ2n) is 2.74. The molecule has 0 saturated carbocycles. The third kappa shape index (κ3) is 9.15. The summed E-state index contributed by atoms with van der Waals surface area (Å²) in [7, 11) is 0. The van der Waals surface area contributed by atoms with Gasteiger partial charge in [-0.3, -0.25) is 9.59 Å². The summed E-state index contributed by atoms with van der Waals surface area (Å²) >= 11 is 0. The summed E-state index contributed by atoms with van der Waals surface area (Å²) in [6, 6.07) is 0. The lowest BCUT2D eigenvalue weighted by molar-refractivity contribution is -0.129. The third-order valence-electron chi connectivity index (χ3n) is 1.31. The molecule has 0 fully saturated rings. The fraction of sp³-hybridized carbons (Fsp3) is 0.778. The van der Waals surface area contributed by atoms with Gasteiger partial charge in [-0.2, -0.15) is 0 Å². The van der Waals surface area contributed by atoms with E-state index >= 15 is 0 Å². The molecule has 5 heteroatoms. The van der Waals surface area contributed by atoms with Gasteiger partial charge in [0.15, 0.2) is 5.78 Å². The molecule has 0 aliphatic rings. The standard InChI is InChI=1S/C9H17NO4/c1-3-13-5-4-10-9(12)7-14-6-8(2)11/h3-7H2,1-2H3,(H,10,12). The summed E-state index contributed by atoms with van der Waals surface area (Å²) in [6.45, 7) is 4.80. The van der Waals surface area contributed by atoms with E-state index in [-0.39, 0.29) is 24.9 Å². The van der Waals surface area contributed by atoms with Gasteiger partial charge in [0.1, 0.15) is 13.2 Å². The molecule has 0 unspecified atom stereocenters. The van der Waals surface area contributed by atoms with Crippen molar-refractivity contribution in [1.29, 1.82) is 0 Å². The molecule has 0 aliphatic heterocycles. The number of carbonyl (C=O) groups excluding carboxylic acids is 2. The van der Waals surface area contributed by atoms with Gasteiger partial charge >= 0.3 is 0 Å². The maximum absolute atomic E-state index is 11.0. The molecule has 0 aromatic carbocycles. The van der Waals surface area contributed by atoms with Gasteiger partial charge in [-0.25, -0.2) is 0 Å². The molecule has 0 bridgehead atoms. The Kier molecular flexibility index (Phi) is 8.07. The molecular formula is C9H17NO4. The largest absolute Gasteiger partial charge is 0.380 e. The van der Waals surface area contributed by atoms with Crippen LogP contribution in [0, 0.1) is 0 Å². The van der Waals surface area contributed by atoms with E-state index in [2.05, 4.69) is 5.32 Å². The number of carbonyl (C=O) groups is 2. The molecule has 0 radical (unpaired) electrons. The van der Waals surface area contributed by atoms with Gasteiger partial charge in [-0.05, 0) is 13.8 Å². The van der Waals surface area contributed by atoms with Gasteiger partial charge in [0.05, 0.1) is 6.61 Å². The smallest absolute Gasteiger partial charge is 0.246 e. The van der Waals surface area contributed by atoms with Crippen molar-refractivity contribution < 1.29 is 19.1 Å². The SMILES string of the molecule is CCOCCNC(=O)COCC(C)=O. The molecule has 0 rings (SSSR count). The summed E-state index contributed by atoms with van der Waals surface area (Å²) in [5.74, 6) is -0.321. The molecule has 0 atom stereocenters. The lowest BCUT2D eigenvalue weighted by atomic mass is 10.5. The van der Waals surface area contributed by atoms with Crippen LogP contribution >= 0.6 is 0 Å². The van der Waals surface area contributed by atoms with Gasteiger partial charge in [0, 0.05) is 13.2 Å². The Balaban J connectivity index is 3.24. The maximum atomic E-state index is 11.0. The Labute approximate surface area is 83.8 Å². The third-order valence-corrected chi connectivity index (χ3v) is 1.31. The number of hydrogen-bond donors (Lipinski definition) is 1. The molecule has 0 aliphatic carbocycles. The van der Waals surface area contributed by atoms with E-state index in [1.165, 1.54) is 6.92 Å². The van der Waals surface area contributed by atoms with Crippen LogP contribution < -0.4 is 5.32 Å². The van der Waals surface area contributed by atoms with Crippen LogP contribution in [0.25, 0.3) is 0 Å². The summed E-state index contributed by atoms with van der Waals surface area (Å²) in [4.78, 5) is 21.4. The lowest BCUT2D eigenvalue weighted by Crippen LogP contribution is -2.31. The minimum absolute atomic E-state index is 0.0150. The van der Waals surface area contributed by atoms with E-state index in [1.807, 2.05) is 6.92 Å². The maximum Gasteiger partial charge on any atom is 0.246 e. The lowest BCUT2D eigenvalue weighted by Gasteiger charge is -2.04. The predicted molar refractivity (Wildman–Crippen MR) is 51.0 cm³/mol. The average molecular weight is 203 g/mol. The van der Waals surface area contributed by atoms with Gasteiger partial charge in [0.25, 0.3) is 0 Å². The van der Waals surface area contributed by atoms with Crippen LogP contribution in [0.5, 0.6) is 0 Å². The number of nitrogens with one attached hydrogen (secondary N) is 1. The van der Waals surface area contributed by atoms with Crippen molar-refractivity contribution in [3.8, 4) is 0 Å². The van der Waals surface area contributed by atoms with Crippen LogP contribution in [0.4, 0.5) is 0 Å². The molecule has 82 valence electrons. The van der Waals surface area contributed by atoms with Crippen LogP contribution in [0.1, 0.15) is 13.8 Å². The predicted octanol–water partition coefficient (Wildman–Crippen LogP) is -0.255. The molecule has 1 amide bonds. The number of ketones is 1. The first kappa shape index (κ1) is 13.1. The molecule has 0 spiro atoms. The highest BCUT2D eigenvalue weighted by Gasteiger charge is 2.01. The summed E-state index contributed by atoms with van der Waals surface area (Å²) in [6.07, 6.45) is 0. The van der Waals surface area contributed by atoms with Gasteiger partial charge < -0.3 is 14.8 Å². The minimum atomic E-state index is -0.231. The second kappa shape index (κ2) is 8.65. The number of Topliss-reactive ketones (excluding diaryl/α,β-unsaturated/α-hetero) is 1. The van der Waals surface area contributed by atoms with E-state index in [1.54, 1.807) is 0 Å². The zero-order chi connectivity index (χ0) is 10.8. The monoisotopic (exact) mass is 203 g/mol. The number of hydrogen-bond acceptors (Lipinski definition) is 4. The van der Waals surface area contributed by atoms with Crippen molar-refractivity contribution in [2.45, 2.75) is 13.8 Å². The number of amides is 1. The Morgan fingerprint density at radius 1 is 1.21 bits per heavy atom. The summed E-state index contributed by atoms with van der Waals surface area (Å²) < 4.78 is 9.83. The van der Waals surface area contributed by atoms with Crippen molar-refractivity contribution in [2.75, 3.05) is 33.0 Å². The summed E-state index contributed by atoms with van der Waals surface area (Å²) in [5, 5.41) is 2.59. The molecule has 14 heavy (non-hydrogen) atoms. The van der Waals surface area contributed by atoms with Gasteiger partial charge in [-0.15, -0.1) is 0 Å². The zero-order valence-electron chi connectivity index (χ0n) is 8.67. The van der Waals surface area contributed by atoms with E-state index in [0.717, 1.165) is 0 Å². The topological polar surface area (TPSA) is 64.6 Å². The Hall–Kier alpha value is -0.940. The highest BCUT2D eigenvalue weighted by molar-refractivity contribution is 5.79. The summed E-state index contributed by atoms with van der Waals surface area (Å²) in [5.41, 5.74) is 0. The van der Waals surface area contributed by atoms with Gasteiger partial charge in [0.2, 0.25) is 5.91 Å². The van der Waals surface area contributed by atoms with Crippen LogP contribution in [-0.2, 0) is 19.1 Å². The van der Waals surface area contributed by atoms with Crippen LogP contribution in [-0.4, -0.2) is 44.7 Å². The van der Waals surface area contributed by atoms with Crippen molar-refractivity contribution in [1.82, 2.24) is 5.32 Å². The Bertz CT molecular complexity index is 182. The van der Waals surface area contributed by atoms with Crippen molar-refractivity contribution >= 4 is 11.7 Å². The van der Waals surface area contributed by atoms with Crippen molar-refractivity contribution in [2.24, 2.45) is 0 Å². The van der Waals surface area contributed by atoms with Crippen LogP contribution in [0.3, 0.4) is 0 Å². The highest BCUT2D eigenvalue weighted by Crippen LogP contribution is 1.77. The fourth-order valence-corrected chi connectivity index (χ4v) is 0.745. The highest BCUT2D eigenvalue weighted by atomic mass is 16.5. The van der Waals surface area contributed by atoms with Crippen molar-refractivity contribution in [3.63, 3.8) is 0 Å². The zero-order valence-corrected chi connectivity index (χ0v) is 8.67. The molecular weight excluding hydrogens is 186 g/mol. The van der Waals surface area contributed by atoms with E-state index < -0.39 is 0 Å². The van der Waals surface area contributed by atoms with Crippen LogP contribution in [0.2, 0.25) is 0 Å². The molecule has 0 aromatic rings. The molecule has 0 heterocycles. The quantitative estimate of drug-likeness (QED) is 0.552. The molecule has 1 N–H and O–H groups in total. The van der Waals surface area contributed by atoms with E-state index in [9.17, 15) is 9.59 Å².